The Kier molecular flexibility index (Phi) is 15.5. The molecule has 176 valence electrons. The van der Waals surface area contributed by atoms with E-state index in [0.717, 1.165) is 38.7 Å². The fourth-order valence-electron chi connectivity index (χ4n) is 4.02. The Labute approximate surface area is 200 Å². The van der Waals surface area contributed by atoms with Crippen LogP contribution in [0.1, 0.15) is 38.5 Å². The van der Waals surface area contributed by atoms with E-state index in [1.807, 2.05) is 7.05 Å². The molecule has 0 aliphatic carbocycles. The number of amides is 1. The maximum Gasteiger partial charge on any atom is 0.234 e. The Morgan fingerprint density at radius 1 is 0.900 bits per heavy atom. The summed E-state index contributed by atoms with van der Waals surface area (Å²) >= 11 is 0. The largest absolute Gasteiger partial charge is 0.383 e. The molecular weight excluding hydrogens is 495 g/mol. The van der Waals surface area contributed by atoms with Gasteiger partial charge in [0.05, 0.1) is 13.2 Å². The maximum absolute atomic E-state index is 11.9. The molecule has 1 amide bonds. The molecule has 2 fully saturated rings. The number of rotatable bonds is 11. The SMILES string of the molecule is CN=C(NCCCCCN1CCCCC1)N1CCN(CC(=O)NCCOC)CC1.I. The molecule has 0 spiro atoms. The molecule has 2 rings (SSSR count). The third kappa shape index (κ3) is 11.1. The van der Waals surface area contributed by atoms with Gasteiger partial charge >= 0.3 is 0 Å². The van der Waals surface area contributed by atoms with Crippen LogP contribution in [0.3, 0.4) is 0 Å². The molecule has 0 unspecified atom stereocenters. The summed E-state index contributed by atoms with van der Waals surface area (Å²) in [5.74, 6) is 1.06. The molecule has 0 atom stereocenters. The zero-order valence-corrected chi connectivity index (χ0v) is 21.4. The Hall–Kier alpha value is -0.650. The van der Waals surface area contributed by atoms with E-state index in [1.54, 1.807) is 7.11 Å². The minimum atomic E-state index is 0. The van der Waals surface area contributed by atoms with Gasteiger partial charge in [-0.2, -0.15) is 0 Å². The monoisotopic (exact) mass is 538 g/mol. The van der Waals surface area contributed by atoms with Crippen LogP contribution in [0.5, 0.6) is 0 Å². The number of hydrogen-bond acceptors (Lipinski definition) is 5. The number of halogens is 1. The van der Waals surface area contributed by atoms with Crippen molar-refractivity contribution >= 4 is 35.8 Å². The Bertz CT molecular complexity index is 480. The molecule has 0 saturated carbocycles. The van der Waals surface area contributed by atoms with Crippen LogP contribution < -0.4 is 10.6 Å². The van der Waals surface area contributed by atoms with Crippen LogP contribution in [0.2, 0.25) is 0 Å². The van der Waals surface area contributed by atoms with E-state index in [2.05, 4.69) is 30.3 Å². The third-order valence-electron chi connectivity index (χ3n) is 5.76. The Morgan fingerprint density at radius 3 is 2.30 bits per heavy atom. The number of methoxy groups -OCH3 is 1. The summed E-state index contributed by atoms with van der Waals surface area (Å²) in [6.07, 6.45) is 7.93. The molecule has 2 heterocycles. The summed E-state index contributed by atoms with van der Waals surface area (Å²) in [5, 5.41) is 6.40. The van der Waals surface area contributed by atoms with Crippen LogP contribution >= 0.6 is 24.0 Å². The molecule has 2 saturated heterocycles. The normalized spacial score (nSPS) is 18.7. The van der Waals surface area contributed by atoms with Gasteiger partial charge < -0.3 is 25.2 Å². The van der Waals surface area contributed by atoms with Gasteiger partial charge in [0.1, 0.15) is 0 Å². The van der Waals surface area contributed by atoms with Gasteiger partial charge in [-0.1, -0.05) is 12.8 Å². The lowest BCUT2D eigenvalue weighted by Crippen LogP contribution is -2.54. The predicted molar refractivity (Wildman–Crippen MR) is 134 cm³/mol. The fraction of sp³-hybridized carbons (Fsp3) is 0.905. The molecule has 0 aromatic rings. The molecule has 9 heteroatoms. The number of carbonyl (C=O) groups is 1. The first kappa shape index (κ1) is 27.4. The summed E-state index contributed by atoms with van der Waals surface area (Å²) in [6, 6.07) is 0. The first-order chi connectivity index (χ1) is 14.2. The number of nitrogens with one attached hydrogen (secondary N) is 2. The minimum Gasteiger partial charge on any atom is -0.383 e. The highest BCUT2D eigenvalue weighted by molar-refractivity contribution is 14.0. The molecule has 0 aromatic heterocycles. The van der Waals surface area contributed by atoms with Crippen molar-refractivity contribution in [1.82, 2.24) is 25.3 Å². The molecule has 8 nitrogen and oxygen atoms in total. The van der Waals surface area contributed by atoms with Crippen molar-refractivity contribution in [3.05, 3.63) is 0 Å². The number of hydrogen-bond donors (Lipinski definition) is 2. The molecule has 2 N–H and O–H groups in total. The average molecular weight is 539 g/mol. The quantitative estimate of drug-likeness (QED) is 0.179. The van der Waals surface area contributed by atoms with Gasteiger partial charge in [-0.3, -0.25) is 14.7 Å². The van der Waals surface area contributed by atoms with Gasteiger partial charge in [-0.15, -0.1) is 24.0 Å². The van der Waals surface area contributed by atoms with Gasteiger partial charge in [-0.05, 0) is 45.3 Å². The fourth-order valence-corrected chi connectivity index (χ4v) is 4.02. The molecule has 2 aliphatic heterocycles. The second-order valence-electron chi connectivity index (χ2n) is 8.04. The first-order valence-electron chi connectivity index (χ1n) is 11.4. The number of guanidine groups is 1. The third-order valence-corrected chi connectivity index (χ3v) is 5.76. The highest BCUT2D eigenvalue weighted by Crippen LogP contribution is 2.10. The zero-order chi connectivity index (χ0) is 20.7. The summed E-state index contributed by atoms with van der Waals surface area (Å²) in [5.41, 5.74) is 0. The number of carbonyl (C=O) groups excluding carboxylic acids is 1. The van der Waals surface area contributed by atoms with E-state index in [1.165, 1.54) is 58.2 Å². The van der Waals surface area contributed by atoms with E-state index in [-0.39, 0.29) is 29.9 Å². The highest BCUT2D eigenvalue weighted by Gasteiger charge is 2.20. The predicted octanol–water partition coefficient (Wildman–Crippen LogP) is 1.22. The molecule has 0 radical (unpaired) electrons. The molecular formula is C21H43IN6O2. The van der Waals surface area contributed by atoms with E-state index < -0.39 is 0 Å². The minimum absolute atomic E-state index is 0. The topological polar surface area (TPSA) is 72.4 Å². The van der Waals surface area contributed by atoms with Crippen molar-refractivity contribution in [3.63, 3.8) is 0 Å². The van der Waals surface area contributed by atoms with E-state index in [0.29, 0.717) is 19.7 Å². The number of unbranched alkanes of at least 4 members (excludes halogenated alkanes) is 2. The Morgan fingerprint density at radius 2 is 1.63 bits per heavy atom. The summed E-state index contributed by atoms with van der Waals surface area (Å²) in [6.45, 7) is 9.99. The van der Waals surface area contributed by atoms with E-state index in [4.69, 9.17) is 4.74 Å². The molecule has 0 aromatic carbocycles. The Balaban J connectivity index is 0.00000450. The van der Waals surface area contributed by atoms with Crippen molar-refractivity contribution in [2.45, 2.75) is 38.5 Å². The summed E-state index contributed by atoms with van der Waals surface area (Å²) in [7, 11) is 3.50. The van der Waals surface area contributed by atoms with Gasteiger partial charge in [-0.25, -0.2) is 0 Å². The van der Waals surface area contributed by atoms with Crippen molar-refractivity contribution in [1.29, 1.82) is 0 Å². The number of aliphatic imine (C=N–C) groups is 1. The van der Waals surface area contributed by atoms with Crippen LogP contribution in [-0.2, 0) is 9.53 Å². The van der Waals surface area contributed by atoms with Gasteiger partial charge in [0.25, 0.3) is 0 Å². The van der Waals surface area contributed by atoms with Gasteiger partial charge in [0, 0.05) is 53.4 Å². The van der Waals surface area contributed by atoms with E-state index >= 15 is 0 Å². The van der Waals surface area contributed by atoms with Crippen LogP contribution in [0.25, 0.3) is 0 Å². The number of likely N-dealkylation sites (tertiary alicyclic amines) is 1. The lowest BCUT2D eigenvalue weighted by molar-refractivity contribution is -0.122. The first-order valence-corrected chi connectivity index (χ1v) is 11.4. The van der Waals surface area contributed by atoms with E-state index in [9.17, 15) is 4.79 Å². The van der Waals surface area contributed by atoms with Gasteiger partial charge in [0.2, 0.25) is 5.91 Å². The summed E-state index contributed by atoms with van der Waals surface area (Å²) in [4.78, 5) is 23.5. The standard InChI is InChI=1S/C21H42N6O2.HI/c1-22-21(24-9-5-3-6-11-25-12-7-4-8-13-25)27-16-14-26(15-17-27)19-20(28)23-10-18-29-2;/h3-19H2,1-2H3,(H,22,24)(H,23,28);1H. The van der Waals surface area contributed by atoms with Crippen LogP contribution in [0.15, 0.2) is 4.99 Å². The molecule has 0 bridgehead atoms. The molecule has 2 aliphatic rings. The van der Waals surface area contributed by atoms with Crippen LogP contribution in [0.4, 0.5) is 0 Å². The summed E-state index contributed by atoms with van der Waals surface area (Å²) < 4.78 is 4.96. The van der Waals surface area contributed by atoms with Gasteiger partial charge in [0.15, 0.2) is 5.96 Å². The van der Waals surface area contributed by atoms with Crippen LogP contribution in [0, 0.1) is 0 Å². The highest BCUT2D eigenvalue weighted by atomic mass is 127. The van der Waals surface area contributed by atoms with Crippen molar-refractivity contribution in [3.8, 4) is 0 Å². The second kappa shape index (κ2) is 17.0. The number of ether oxygens (including phenoxy) is 1. The van der Waals surface area contributed by atoms with Crippen molar-refractivity contribution in [2.24, 2.45) is 4.99 Å². The lowest BCUT2D eigenvalue weighted by Gasteiger charge is -2.36. The number of nitrogens with zero attached hydrogens (tertiary/aromatic N) is 4. The number of piperidine rings is 1. The smallest absolute Gasteiger partial charge is 0.234 e. The molecule has 30 heavy (non-hydrogen) atoms. The lowest BCUT2D eigenvalue weighted by atomic mass is 10.1. The van der Waals surface area contributed by atoms with Crippen LogP contribution in [-0.4, -0.2) is 113 Å². The van der Waals surface area contributed by atoms with Crippen molar-refractivity contribution in [2.75, 3.05) is 86.2 Å². The van der Waals surface area contributed by atoms with Crippen molar-refractivity contribution < 1.29 is 9.53 Å². The average Bonchev–Trinajstić information content (AvgIpc) is 2.75. The zero-order valence-electron chi connectivity index (χ0n) is 19.0. The number of piperazine rings is 1. The maximum atomic E-state index is 11.9. The second-order valence-corrected chi connectivity index (χ2v) is 8.04.